The number of nitrogens with zero attached hydrogens (tertiary/aromatic N) is 1. The monoisotopic (exact) mass is 228 g/mol. The highest BCUT2D eigenvalue weighted by Crippen LogP contribution is 2.16. The first-order chi connectivity index (χ1) is 6.37. The maximum Gasteiger partial charge on any atom is 0.350 e. The number of piperazine rings is 1. The van der Waals surface area contributed by atoms with Crippen LogP contribution in [0.15, 0.2) is 0 Å². The van der Waals surface area contributed by atoms with E-state index >= 15 is 0 Å². The highest BCUT2D eigenvalue weighted by Gasteiger charge is 2.39. The molecule has 1 unspecified atom stereocenters. The second-order valence-corrected chi connectivity index (χ2v) is 4.74. The number of nitrogens with one attached hydrogen (secondary N) is 1. The van der Waals surface area contributed by atoms with E-state index in [1.165, 1.54) is 6.92 Å². The van der Waals surface area contributed by atoms with Crippen LogP contribution in [0.1, 0.15) is 6.92 Å². The molecule has 1 saturated heterocycles. The first kappa shape index (κ1) is 11.3. The van der Waals surface area contributed by atoms with E-state index in [1.54, 1.807) is 0 Å². The van der Waals surface area contributed by atoms with Gasteiger partial charge in [-0.2, -0.15) is 13.1 Å². The fourth-order valence-corrected chi connectivity index (χ4v) is 2.30. The minimum atomic E-state index is -4.64. The molecule has 1 heterocycles. The highest BCUT2D eigenvalue weighted by atomic mass is 32.2. The van der Waals surface area contributed by atoms with Crippen molar-refractivity contribution in [3.8, 4) is 0 Å². The van der Waals surface area contributed by atoms with Gasteiger partial charge in [0, 0.05) is 13.1 Å². The molecule has 0 radical (unpaired) electrons. The summed E-state index contributed by atoms with van der Waals surface area (Å²) in [6.07, 6.45) is 0. The van der Waals surface area contributed by atoms with Crippen LogP contribution in [0.25, 0.3) is 0 Å². The van der Waals surface area contributed by atoms with E-state index in [1.807, 2.05) is 0 Å². The lowest BCUT2D eigenvalue weighted by Crippen LogP contribution is -2.56. The van der Waals surface area contributed by atoms with Gasteiger partial charge in [-0.05, 0) is 6.92 Å². The van der Waals surface area contributed by atoms with Crippen molar-refractivity contribution in [1.82, 2.24) is 9.62 Å². The molecule has 14 heavy (non-hydrogen) atoms. The van der Waals surface area contributed by atoms with Crippen LogP contribution in [0.2, 0.25) is 0 Å². The number of carbonyl (C=O) groups is 1. The quantitative estimate of drug-likeness (QED) is 0.683. The van der Waals surface area contributed by atoms with E-state index in [0.29, 0.717) is 4.31 Å². The second kappa shape index (κ2) is 3.77. The third kappa shape index (κ3) is 1.85. The Kier molecular flexibility index (Phi) is 3.05. The summed E-state index contributed by atoms with van der Waals surface area (Å²) in [5.74, 6) is -4.03. The van der Waals surface area contributed by atoms with Crippen LogP contribution in [0.3, 0.4) is 0 Å². The van der Waals surface area contributed by atoms with Gasteiger partial charge in [-0.1, -0.05) is 0 Å². The van der Waals surface area contributed by atoms with Crippen LogP contribution in [-0.4, -0.2) is 43.5 Å². The Morgan fingerprint density at radius 1 is 1.57 bits per heavy atom. The molecule has 1 amide bonds. The Morgan fingerprint density at radius 3 is 2.64 bits per heavy atom. The van der Waals surface area contributed by atoms with Crippen LogP contribution in [-0.2, 0) is 14.8 Å². The molecular formula is C6H10F2N2O3S. The van der Waals surface area contributed by atoms with E-state index in [2.05, 4.69) is 5.32 Å². The largest absolute Gasteiger partial charge is 0.353 e. The molecule has 0 saturated carbocycles. The van der Waals surface area contributed by atoms with Crippen molar-refractivity contribution in [1.29, 1.82) is 0 Å². The molecule has 0 aromatic carbocycles. The third-order valence-corrected chi connectivity index (χ3v) is 3.60. The fourth-order valence-electron chi connectivity index (χ4n) is 1.21. The molecule has 5 nitrogen and oxygen atoms in total. The maximum absolute atomic E-state index is 12.1. The third-order valence-electron chi connectivity index (χ3n) is 1.99. The van der Waals surface area contributed by atoms with E-state index in [4.69, 9.17) is 0 Å². The number of amides is 1. The summed E-state index contributed by atoms with van der Waals surface area (Å²) in [4.78, 5) is 11.0. The van der Waals surface area contributed by atoms with E-state index in [9.17, 15) is 22.0 Å². The van der Waals surface area contributed by atoms with E-state index in [0.717, 1.165) is 0 Å². The van der Waals surface area contributed by atoms with Gasteiger partial charge in [0.05, 0.1) is 0 Å². The lowest BCUT2D eigenvalue weighted by Gasteiger charge is -2.31. The molecule has 82 valence electrons. The summed E-state index contributed by atoms with van der Waals surface area (Å²) in [6, 6.07) is -1.07. The number of halogens is 2. The molecule has 0 aliphatic carbocycles. The van der Waals surface area contributed by atoms with Gasteiger partial charge in [0.25, 0.3) is 10.0 Å². The summed E-state index contributed by atoms with van der Waals surface area (Å²) in [7, 11) is -4.64. The summed E-state index contributed by atoms with van der Waals surface area (Å²) >= 11 is 0. The van der Waals surface area contributed by atoms with E-state index < -0.39 is 27.7 Å². The zero-order chi connectivity index (χ0) is 10.9. The number of rotatable bonds is 2. The number of carbonyl (C=O) groups excluding carboxylic acids is 1. The molecule has 1 rings (SSSR count). The molecule has 1 N–H and O–H groups in total. The molecule has 1 aliphatic heterocycles. The number of hydrogen-bond acceptors (Lipinski definition) is 3. The first-order valence-corrected chi connectivity index (χ1v) is 5.44. The van der Waals surface area contributed by atoms with Gasteiger partial charge in [0.15, 0.2) is 0 Å². The van der Waals surface area contributed by atoms with Gasteiger partial charge >= 0.3 is 5.76 Å². The highest BCUT2D eigenvalue weighted by molar-refractivity contribution is 7.89. The lowest BCUT2D eigenvalue weighted by molar-refractivity contribution is -0.126. The molecule has 1 aliphatic rings. The topological polar surface area (TPSA) is 66.5 Å². The Labute approximate surface area is 80.1 Å². The van der Waals surface area contributed by atoms with Crippen LogP contribution in [0.5, 0.6) is 0 Å². The molecule has 8 heteroatoms. The Bertz CT molecular complexity index is 330. The lowest BCUT2D eigenvalue weighted by atomic mass is 10.2. The minimum absolute atomic E-state index is 0.0646. The summed E-state index contributed by atoms with van der Waals surface area (Å²) in [5.41, 5.74) is 0. The van der Waals surface area contributed by atoms with Crippen molar-refractivity contribution in [2.24, 2.45) is 0 Å². The normalized spacial score (nSPS) is 25.1. The van der Waals surface area contributed by atoms with Crippen molar-refractivity contribution >= 4 is 15.9 Å². The van der Waals surface area contributed by atoms with Crippen LogP contribution in [0, 0.1) is 0 Å². The van der Waals surface area contributed by atoms with Crippen molar-refractivity contribution in [3.63, 3.8) is 0 Å². The van der Waals surface area contributed by atoms with Crippen molar-refractivity contribution < 1.29 is 22.0 Å². The van der Waals surface area contributed by atoms with Gasteiger partial charge in [-0.3, -0.25) is 4.79 Å². The van der Waals surface area contributed by atoms with Gasteiger partial charge < -0.3 is 5.32 Å². The van der Waals surface area contributed by atoms with Gasteiger partial charge in [0.1, 0.15) is 6.04 Å². The molecule has 0 aromatic rings. The Morgan fingerprint density at radius 2 is 2.14 bits per heavy atom. The molecule has 1 atom stereocenters. The molecule has 1 fully saturated rings. The van der Waals surface area contributed by atoms with Crippen molar-refractivity contribution in [2.75, 3.05) is 13.1 Å². The smallest absolute Gasteiger partial charge is 0.350 e. The average Bonchev–Trinajstić information content (AvgIpc) is 2.09. The number of hydrogen-bond donors (Lipinski definition) is 1. The van der Waals surface area contributed by atoms with Gasteiger partial charge in [0.2, 0.25) is 5.91 Å². The first-order valence-electron chi connectivity index (χ1n) is 3.94. The fraction of sp³-hybridized carbons (Fsp3) is 0.833. The Balaban J connectivity index is 2.92. The standard InChI is InChI=1S/C6H10F2N2O3S/c1-4-5(11)9-2-3-10(4)14(12,13)6(7)8/h4,6H,2-3H2,1H3,(H,9,11). The number of sulfonamides is 1. The second-order valence-electron chi connectivity index (χ2n) is 2.88. The number of alkyl halides is 2. The molecule has 0 spiro atoms. The van der Waals surface area contributed by atoms with Crippen molar-refractivity contribution in [3.05, 3.63) is 0 Å². The van der Waals surface area contributed by atoms with Crippen LogP contribution >= 0.6 is 0 Å². The van der Waals surface area contributed by atoms with Crippen LogP contribution < -0.4 is 5.32 Å². The van der Waals surface area contributed by atoms with E-state index in [-0.39, 0.29) is 13.1 Å². The van der Waals surface area contributed by atoms with Crippen molar-refractivity contribution in [2.45, 2.75) is 18.7 Å². The molecule has 0 bridgehead atoms. The average molecular weight is 228 g/mol. The van der Waals surface area contributed by atoms with Gasteiger partial charge in [-0.15, -0.1) is 0 Å². The van der Waals surface area contributed by atoms with Gasteiger partial charge in [-0.25, -0.2) is 8.42 Å². The minimum Gasteiger partial charge on any atom is -0.353 e. The molecular weight excluding hydrogens is 218 g/mol. The predicted octanol–water partition coefficient (Wildman–Crippen LogP) is -0.641. The SMILES string of the molecule is CC1C(=O)NCCN1S(=O)(=O)C(F)F. The zero-order valence-electron chi connectivity index (χ0n) is 7.41. The maximum atomic E-state index is 12.1. The summed E-state index contributed by atoms with van der Waals surface area (Å²) in [5, 5.41) is 2.38. The summed E-state index contributed by atoms with van der Waals surface area (Å²) < 4.78 is 46.9. The summed E-state index contributed by atoms with van der Waals surface area (Å²) in [6.45, 7) is 1.23. The predicted molar refractivity (Wildman–Crippen MR) is 44.1 cm³/mol. The van der Waals surface area contributed by atoms with Crippen LogP contribution in [0.4, 0.5) is 8.78 Å². The zero-order valence-corrected chi connectivity index (χ0v) is 8.22. The molecule has 0 aromatic heterocycles. The Hall–Kier alpha value is -0.760.